The Morgan fingerprint density at radius 1 is 1.08 bits per heavy atom. The topological polar surface area (TPSA) is 3.24 Å². The summed E-state index contributed by atoms with van der Waals surface area (Å²) in [5.41, 5.74) is 0. The molecule has 68 valence electrons. The van der Waals surface area contributed by atoms with E-state index >= 15 is 0 Å². The maximum Gasteiger partial charge on any atom is 0.00703 e. The van der Waals surface area contributed by atoms with Gasteiger partial charge >= 0.3 is 0 Å². The van der Waals surface area contributed by atoms with Gasteiger partial charge in [0.15, 0.2) is 0 Å². The fourth-order valence-electron chi connectivity index (χ4n) is 3.92. The van der Waals surface area contributed by atoms with Crippen LogP contribution >= 0.6 is 0 Å². The van der Waals surface area contributed by atoms with E-state index in [0.717, 1.165) is 23.8 Å². The highest BCUT2D eigenvalue weighted by Gasteiger charge is 2.45. The van der Waals surface area contributed by atoms with E-state index in [1.54, 1.807) is 6.42 Å². The zero-order valence-corrected chi connectivity index (χ0v) is 8.00. The van der Waals surface area contributed by atoms with Crippen LogP contribution in [-0.2, 0) is 0 Å². The van der Waals surface area contributed by atoms with Gasteiger partial charge in [0.05, 0.1) is 0 Å². The summed E-state index contributed by atoms with van der Waals surface area (Å²) in [6, 6.07) is 0.903. The molecule has 1 aliphatic carbocycles. The van der Waals surface area contributed by atoms with Crippen molar-refractivity contribution in [2.45, 2.75) is 38.6 Å². The van der Waals surface area contributed by atoms with Crippen molar-refractivity contribution in [3.05, 3.63) is 0 Å². The van der Waals surface area contributed by atoms with Gasteiger partial charge in [-0.15, -0.1) is 0 Å². The van der Waals surface area contributed by atoms with Crippen LogP contribution in [0.15, 0.2) is 0 Å². The molecule has 0 spiro atoms. The molecule has 1 saturated carbocycles. The Bertz CT molecular complexity index is 187. The third-order valence-corrected chi connectivity index (χ3v) is 4.53. The van der Waals surface area contributed by atoms with Gasteiger partial charge in [0, 0.05) is 19.1 Å². The van der Waals surface area contributed by atoms with E-state index in [2.05, 4.69) is 11.8 Å². The zero-order chi connectivity index (χ0) is 8.13. The van der Waals surface area contributed by atoms with E-state index in [0.29, 0.717) is 0 Å². The maximum absolute atomic E-state index is 2.73. The molecule has 2 heterocycles. The molecule has 5 atom stereocenters. The molecule has 0 radical (unpaired) electrons. The lowest BCUT2D eigenvalue weighted by Gasteiger charge is -2.34. The highest BCUT2D eigenvalue weighted by atomic mass is 15.2. The van der Waals surface area contributed by atoms with Crippen LogP contribution in [0.2, 0.25) is 0 Å². The highest BCUT2D eigenvalue weighted by molar-refractivity contribution is 4.97. The van der Waals surface area contributed by atoms with Crippen LogP contribution in [-0.4, -0.2) is 24.0 Å². The number of hydrogen-bond acceptors (Lipinski definition) is 1. The monoisotopic (exact) mass is 165 g/mol. The minimum Gasteiger partial charge on any atom is -0.300 e. The molecule has 3 aliphatic rings. The molecule has 12 heavy (non-hydrogen) atoms. The van der Waals surface area contributed by atoms with Gasteiger partial charge in [-0.25, -0.2) is 0 Å². The first-order valence-corrected chi connectivity index (χ1v) is 5.58. The lowest BCUT2D eigenvalue weighted by Crippen LogP contribution is -2.39. The van der Waals surface area contributed by atoms with Crippen molar-refractivity contribution in [2.24, 2.45) is 17.8 Å². The molecular weight excluding hydrogens is 146 g/mol. The number of fused-ring (bicyclic) bond motifs is 4. The van der Waals surface area contributed by atoms with Crippen molar-refractivity contribution in [1.29, 1.82) is 0 Å². The Kier molecular flexibility index (Phi) is 1.52. The summed E-state index contributed by atoms with van der Waals surface area (Å²) in [6.07, 6.45) is 6.11. The molecule has 3 fully saturated rings. The van der Waals surface area contributed by atoms with Crippen LogP contribution in [0.25, 0.3) is 0 Å². The van der Waals surface area contributed by atoms with E-state index in [-0.39, 0.29) is 0 Å². The summed E-state index contributed by atoms with van der Waals surface area (Å²) in [5.74, 6) is 3.31. The molecule has 0 N–H and O–H groups in total. The first-order chi connectivity index (χ1) is 5.84. The third-order valence-electron chi connectivity index (χ3n) is 4.53. The standard InChI is InChI=1S/C11H19N/c1-8-5-10-7-12(8)6-9-3-2-4-11(9)10/h8-11H,2-7H2,1H3. The molecule has 5 unspecified atom stereocenters. The molecule has 0 amide bonds. The van der Waals surface area contributed by atoms with E-state index in [1.807, 2.05) is 0 Å². The number of hydrogen-bond donors (Lipinski definition) is 0. The van der Waals surface area contributed by atoms with Gasteiger partial charge in [-0.1, -0.05) is 6.42 Å². The van der Waals surface area contributed by atoms with Crippen molar-refractivity contribution < 1.29 is 0 Å². The van der Waals surface area contributed by atoms with Gasteiger partial charge in [0.2, 0.25) is 0 Å². The minimum atomic E-state index is 0.903. The molecule has 0 aromatic rings. The summed E-state index contributed by atoms with van der Waals surface area (Å²) in [6.45, 7) is 5.28. The van der Waals surface area contributed by atoms with Crippen LogP contribution in [0.4, 0.5) is 0 Å². The lowest BCUT2D eigenvalue weighted by molar-refractivity contribution is 0.135. The summed E-state index contributed by atoms with van der Waals surface area (Å²) in [7, 11) is 0. The Labute approximate surface area is 75.1 Å². The molecular formula is C11H19N. The quantitative estimate of drug-likeness (QED) is 0.531. The van der Waals surface area contributed by atoms with Crippen LogP contribution in [0.5, 0.6) is 0 Å². The summed E-state index contributed by atoms with van der Waals surface area (Å²) in [4.78, 5) is 2.73. The average Bonchev–Trinajstić information content (AvgIpc) is 2.60. The van der Waals surface area contributed by atoms with Crippen LogP contribution in [0, 0.1) is 17.8 Å². The predicted octanol–water partition coefficient (Wildman–Crippen LogP) is 2.13. The van der Waals surface area contributed by atoms with Gasteiger partial charge in [-0.05, 0) is 43.9 Å². The minimum absolute atomic E-state index is 0.903. The number of piperidine rings is 1. The fourth-order valence-corrected chi connectivity index (χ4v) is 3.92. The van der Waals surface area contributed by atoms with E-state index in [9.17, 15) is 0 Å². The van der Waals surface area contributed by atoms with Gasteiger partial charge in [0.25, 0.3) is 0 Å². The smallest absolute Gasteiger partial charge is 0.00703 e. The molecule has 2 bridgehead atoms. The number of nitrogens with zero attached hydrogens (tertiary/aromatic N) is 1. The third kappa shape index (κ3) is 0.891. The van der Waals surface area contributed by atoms with E-state index in [1.165, 1.54) is 32.4 Å². The summed E-state index contributed by atoms with van der Waals surface area (Å²) in [5, 5.41) is 0. The Morgan fingerprint density at radius 3 is 2.83 bits per heavy atom. The summed E-state index contributed by atoms with van der Waals surface area (Å²) >= 11 is 0. The molecule has 2 saturated heterocycles. The van der Waals surface area contributed by atoms with E-state index in [4.69, 9.17) is 0 Å². The fraction of sp³-hybridized carbons (Fsp3) is 1.00. The van der Waals surface area contributed by atoms with Crippen LogP contribution in [0.3, 0.4) is 0 Å². The predicted molar refractivity (Wildman–Crippen MR) is 50.0 cm³/mol. The molecule has 0 aromatic carbocycles. The van der Waals surface area contributed by atoms with E-state index < -0.39 is 0 Å². The SMILES string of the molecule is CC1CC2CN1CC1CCCC12. The van der Waals surface area contributed by atoms with Gasteiger partial charge < -0.3 is 4.90 Å². The number of rotatable bonds is 0. The first-order valence-electron chi connectivity index (χ1n) is 5.58. The normalized spacial score (nSPS) is 57.2. The second kappa shape index (κ2) is 2.47. The second-order valence-corrected chi connectivity index (χ2v) is 5.15. The summed E-state index contributed by atoms with van der Waals surface area (Å²) < 4.78 is 0. The largest absolute Gasteiger partial charge is 0.300 e. The molecule has 1 nitrogen and oxygen atoms in total. The van der Waals surface area contributed by atoms with Crippen molar-refractivity contribution in [3.63, 3.8) is 0 Å². The van der Waals surface area contributed by atoms with Gasteiger partial charge in [-0.3, -0.25) is 0 Å². The molecule has 2 aliphatic heterocycles. The Morgan fingerprint density at radius 2 is 1.92 bits per heavy atom. The Hall–Kier alpha value is -0.0400. The zero-order valence-electron chi connectivity index (χ0n) is 8.00. The van der Waals surface area contributed by atoms with Gasteiger partial charge in [-0.2, -0.15) is 0 Å². The lowest BCUT2D eigenvalue weighted by atomic mass is 9.81. The maximum atomic E-state index is 2.73. The average molecular weight is 165 g/mol. The molecule has 0 aromatic heterocycles. The van der Waals surface area contributed by atoms with Crippen molar-refractivity contribution in [1.82, 2.24) is 4.90 Å². The van der Waals surface area contributed by atoms with Crippen LogP contribution < -0.4 is 0 Å². The van der Waals surface area contributed by atoms with Crippen molar-refractivity contribution in [2.75, 3.05) is 13.1 Å². The first kappa shape index (κ1) is 7.37. The Balaban J connectivity index is 1.84. The van der Waals surface area contributed by atoms with Gasteiger partial charge in [0.1, 0.15) is 0 Å². The molecule has 1 heteroatoms. The highest BCUT2D eigenvalue weighted by Crippen LogP contribution is 2.46. The molecule has 3 rings (SSSR count). The second-order valence-electron chi connectivity index (χ2n) is 5.15. The van der Waals surface area contributed by atoms with Crippen molar-refractivity contribution >= 4 is 0 Å². The van der Waals surface area contributed by atoms with Crippen LogP contribution in [0.1, 0.15) is 32.6 Å². The van der Waals surface area contributed by atoms with Crippen molar-refractivity contribution in [3.8, 4) is 0 Å².